The van der Waals surface area contributed by atoms with Crippen molar-refractivity contribution in [2.75, 3.05) is 0 Å². The number of halogens is 3. The van der Waals surface area contributed by atoms with Crippen LogP contribution in [0.2, 0.25) is 0 Å². The lowest BCUT2D eigenvalue weighted by Crippen LogP contribution is -2.29. The second-order valence-electron chi connectivity index (χ2n) is 8.07. The summed E-state index contributed by atoms with van der Waals surface area (Å²) >= 11 is 0. The molecule has 27 heavy (non-hydrogen) atoms. The zero-order valence-electron chi connectivity index (χ0n) is 15.5. The third-order valence-electron chi connectivity index (χ3n) is 6.52. The summed E-state index contributed by atoms with van der Waals surface area (Å²) in [6, 6.07) is 6.93. The van der Waals surface area contributed by atoms with Crippen molar-refractivity contribution in [2.45, 2.75) is 50.9 Å². The quantitative estimate of drug-likeness (QED) is 0.500. The van der Waals surface area contributed by atoms with Crippen molar-refractivity contribution in [1.29, 1.82) is 0 Å². The summed E-state index contributed by atoms with van der Waals surface area (Å²) in [5, 5.41) is 0. The highest BCUT2D eigenvalue weighted by Gasteiger charge is 2.37. The number of rotatable bonds is 4. The van der Waals surface area contributed by atoms with Gasteiger partial charge in [0.15, 0.2) is 0 Å². The normalized spacial score (nSPS) is 24.2. The molecule has 0 saturated heterocycles. The van der Waals surface area contributed by atoms with E-state index in [-0.39, 0.29) is 11.5 Å². The molecule has 0 heterocycles. The molecular weight excluding hydrogens is 345 g/mol. The highest BCUT2D eigenvalue weighted by molar-refractivity contribution is 5.67. The fraction of sp³-hybridized carbons (Fsp3) is 0.417. The van der Waals surface area contributed by atoms with Crippen molar-refractivity contribution in [3.05, 3.63) is 71.6 Å². The topological polar surface area (TPSA) is 0 Å². The van der Waals surface area contributed by atoms with Crippen LogP contribution in [0.15, 0.2) is 43.0 Å². The van der Waals surface area contributed by atoms with E-state index >= 15 is 4.39 Å². The van der Waals surface area contributed by atoms with Crippen LogP contribution in [0.5, 0.6) is 0 Å². The van der Waals surface area contributed by atoms with Crippen LogP contribution in [0, 0.1) is 29.3 Å². The third kappa shape index (κ3) is 3.44. The maximum atomic E-state index is 15.3. The number of hydrogen-bond acceptors (Lipinski definition) is 0. The van der Waals surface area contributed by atoms with Crippen LogP contribution in [0.25, 0.3) is 11.1 Å². The molecular formula is C24H25F3. The molecule has 2 aliphatic rings. The molecule has 3 atom stereocenters. The summed E-state index contributed by atoms with van der Waals surface area (Å²) in [6.07, 6.45) is 9.10. The summed E-state index contributed by atoms with van der Waals surface area (Å²) in [7, 11) is 0. The summed E-state index contributed by atoms with van der Waals surface area (Å²) in [6.45, 7) is 3.81. The Bertz CT molecular complexity index is 838. The van der Waals surface area contributed by atoms with Crippen molar-refractivity contribution < 1.29 is 13.2 Å². The highest BCUT2D eigenvalue weighted by Crippen LogP contribution is 2.49. The Morgan fingerprint density at radius 1 is 1.04 bits per heavy atom. The van der Waals surface area contributed by atoms with Crippen molar-refractivity contribution in [3.8, 4) is 11.1 Å². The summed E-state index contributed by atoms with van der Waals surface area (Å²) in [5.41, 5.74) is 1.91. The summed E-state index contributed by atoms with van der Waals surface area (Å²) < 4.78 is 43.3. The molecule has 0 N–H and O–H groups in total. The molecule has 2 aromatic rings. The fourth-order valence-electron chi connectivity index (χ4n) is 5.18. The van der Waals surface area contributed by atoms with Crippen molar-refractivity contribution in [2.24, 2.45) is 11.8 Å². The van der Waals surface area contributed by atoms with Gasteiger partial charge in [0.2, 0.25) is 0 Å². The molecule has 4 rings (SSSR count). The van der Waals surface area contributed by atoms with Gasteiger partial charge in [0.05, 0.1) is 5.56 Å². The molecule has 3 heteroatoms. The van der Waals surface area contributed by atoms with Gasteiger partial charge in [0.25, 0.3) is 0 Å². The van der Waals surface area contributed by atoms with Crippen molar-refractivity contribution in [3.63, 3.8) is 0 Å². The minimum Gasteiger partial charge on any atom is -0.207 e. The van der Waals surface area contributed by atoms with Crippen LogP contribution in [0.3, 0.4) is 0 Å². The molecule has 1 fully saturated rings. The first-order chi connectivity index (χ1) is 13.1. The zero-order valence-corrected chi connectivity index (χ0v) is 15.5. The molecule has 0 nitrogen and oxygen atoms in total. The molecule has 142 valence electrons. The van der Waals surface area contributed by atoms with Gasteiger partial charge in [-0.3, -0.25) is 0 Å². The van der Waals surface area contributed by atoms with E-state index in [1.165, 1.54) is 30.7 Å². The van der Waals surface area contributed by atoms with Gasteiger partial charge in [0, 0.05) is 0 Å². The van der Waals surface area contributed by atoms with E-state index in [1.807, 2.05) is 6.08 Å². The zero-order chi connectivity index (χ0) is 19.0. The largest absolute Gasteiger partial charge is 0.207 e. The first kappa shape index (κ1) is 18.3. The van der Waals surface area contributed by atoms with Crippen LogP contribution in [0.1, 0.15) is 55.6 Å². The molecule has 0 bridgehead atoms. The van der Waals surface area contributed by atoms with Crippen LogP contribution in [-0.4, -0.2) is 0 Å². The maximum absolute atomic E-state index is 15.3. The lowest BCUT2D eigenvalue weighted by atomic mass is 9.64. The smallest absolute Gasteiger partial charge is 0.137 e. The second kappa shape index (κ2) is 7.53. The minimum atomic E-state index is -0.535. The molecule has 0 spiro atoms. The summed E-state index contributed by atoms with van der Waals surface area (Å²) in [4.78, 5) is 0. The Labute approximate surface area is 159 Å². The first-order valence-corrected chi connectivity index (χ1v) is 9.96. The van der Waals surface area contributed by atoms with E-state index in [0.717, 1.165) is 37.7 Å². The van der Waals surface area contributed by atoms with Crippen LogP contribution in [-0.2, 0) is 6.42 Å². The standard InChI is InChI=1S/C24H25F3/c1-2-3-4-15-5-11-19-17(13-15)8-12-20-21(19)14-22(26)23(24(20)27)16-6-9-18(25)10-7-16/h2,6-7,9-10,14-15,17,19H,1,3-5,8,11-13H2. The predicted molar refractivity (Wildman–Crippen MR) is 103 cm³/mol. The molecule has 0 radical (unpaired) electrons. The second-order valence-corrected chi connectivity index (χ2v) is 8.07. The van der Waals surface area contributed by atoms with E-state index in [2.05, 4.69) is 6.58 Å². The Hall–Kier alpha value is -2.03. The van der Waals surface area contributed by atoms with Crippen LogP contribution in [0.4, 0.5) is 13.2 Å². The minimum absolute atomic E-state index is 0.0214. The lowest BCUT2D eigenvalue weighted by molar-refractivity contribution is 0.201. The summed E-state index contributed by atoms with van der Waals surface area (Å²) in [5.74, 6) is 0.0974. The van der Waals surface area contributed by atoms with Crippen LogP contribution < -0.4 is 0 Å². The van der Waals surface area contributed by atoms with Gasteiger partial charge < -0.3 is 0 Å². The van der Waals surface area contributed by atoms with E-state index in [4.69, 9.17) is 0 Å². The molecule has 2 aliphatic carbocycles. The Morgan fingerprint density at radius 2 is 1.81 bits per heavy atom. The SMILES string of the molecule is C=CCCC1CCC2c3cc(F)c(-c4ccc(F)cc4)c(F)c3CCC2C1. The fourth-order valence-corrected chi connectivity index (χ4v) is 5.18. The van der Waals surface area contributed by atoms with Gasteiger partial charge >= 0.3 is 0 Å². The van der Waals surface area contributed by atoms with Gasteiger partial charge in [-0.25, -0.2) is 13.2 Å². The number of allylic oxidation sites excluding steroid dienone is 1. The van der Waals surface area contributed by atoms with E-state index in [0.29, 0.717) is 29.4 Å². The Balaban J connectivity index is 1.65. The van der Waals surface area contributed by atoms with E-state index in [1.54, 1.807) is 6.07 Å². The highest BCUT2D eigenvalue weighted by atomic mass is 19.1. The molecule has 2 aromatic carbocycles. The van der Waals surface area contributed by atoms with Crippen molar-refractivity contribution >= 4 is 0 Å². The van der Waals surface area contributed by atoms with E-state index < -0.39 is 17.5 Å². The average molecular weight is 370 g/mol. The first-order valence-electron chi connectivity index (χ1n) is 9.96. The molecule has 3 unspecified atom stereocenters. The predicted octanol–water partition coefficient (Wildman–Crippen LogP) is 7.18. The number of benzene rings is 2. The van der Waals surface area contributed by atoms with Gasteiger partial charge in [-0.2, -0.15) is 0 Å². The Morgan fingerprint density at radius 3 is 2.56 bits per heavy atom. The van der Waals surface area contributed by atoms with Gasteiger partial charge in [-0.15, -0.1) is 6.58 Å². The van der Waals surface area contributed by atoms with Gasteiger partial charge in [0.1, 0.15) is 17.5 Å². The molecule has 0 amide bonds. The van der Waals surface area contributed by atoms with Gasteiger partial charge in [-0.1, -0.05) is 18.2 Å². The van der Waals surface area contributed by atoms with Crippen molar-refractivity contribution in [1.82, 2.24) is 0 Å². The third-order valence-corrected chi connectivity index (χ3v) is 6.52. The molecule has 0 aliphatic heterocycles. The van der Waals surface area contributed by atoms with E-state index in [9.17, 15) is 8.78 Å². The average Bonchev–Trinajstić information content (AvgIpc) is 2.67. The van der Waals surface area contributed by atoms with Gasteiger partial charge in [-0.05, 0) is 97.6 Å². The maximum Gasteiger partial charge on any atom is 0.137 e. The number of hydrogen-bond donors (Lipinski definition) is 0. The monoisotopic (exact) mass is 370 g/mol. The molecule has 1 saturated carbocycles. The molecule has 0 aromatic heterocycles. The van der Waals surface area contributed by atoms with Crippen LogP contribution >= 0.6 is 0 Å². The Kier molecular flexibility index (Phi) is 5.12. The lowest BCUT2D eigenvalue weighted by Gasteiger charge is -2.41. The number of fused-ring (bicyclic) bond motifs is 3.